The van der Waals surface area contributed by atoms with Crippen LogP contribution in [0.2, 0.25) is 5.02 Å². The van der Waals surface area contributed by atoms with Crippen molar-refractivity contribution in [2.45, 2.75) is 6.42 Å². The molecule has 0 unspecified atom stereocenters. The number of halogens is 1. The van der Waals surface area contributed by atoms with Crippen molar-refractivity contribution in [1.29, 1.82) is 0 Å². The molecule has 1 saturated heterocycles. The van der Waals surface area contributed by atoms with Gasteiger partial charge in [0, 0.05) is 55.3 Å². The molecule has 146 valence electrons. The van der Waals surface area contributed by atoms with Crippen molar-refractivity contribution in [3.05, 3.63) is 70.7 Å². The van der Waals surface area contributed by atoms with Gasteiger partial charge in [-0.25, -0.2) is 0 Å². The molecule has 28 heavy (non-hydrogen) atoms. The summed E-state index contributed by atoms with van der Waals surface area (Å²) in [5, 5.41) is 3.35. The highest BCUT2D eigenvalue weighted by molar-refractivity contribution is 6.30. The van der Waals surface area contributed by atoms with E-state index in [0.29, 0.717) is 42.3 Å². The van der Waals surface area contributed by atoms with E-state index < -0.39 is 0 Å². The Hall–Kier alpha value is -2.86. The van der Waals surface area contributed by atoms with Gasteiger partial charge in [-0.2, -0.15) is 0 Å². The van der Waals surface area contributed by atoms with Crippen molar-refractivity contribution in [3.8, 4) is 0 Å². The molecule has 0 bridgehead atoms. The van der Waals surface area contributed by atoms with Gasteiger partial charge in [-0.15, -0.1) is 0 Å². The molecule has 0 saturated carbocycles. The molecule has 1 N–H and O–H groups in total. The molecule has 0 aromatic heterocycles. The molecule has 0 atom stereocenters. The zero-order valence-corrected chi connectivity index (χ0v) is 16.2. The first-order valence-electron chi connectivity index (χ1n) is 9.20. The molecule has 0 spiro atoms. The molecule has 3 rings (SSSR count). The van der Waals surface area contributed by atoms with E-state index in [4.69, 9.17) is 11.6 Å². The second kappa shape index (κ2) is 9.37. The molecule has 1 aliphatic rings. The molecular weight excluding hydrogens is 378 g/mol. The van der Waals surface area contributed by atoms with Crippen LogP contribution in [-0.4, -0.2) is 60.2 Å². The quantitative estimate of drug-likeness (QED) is 0.839. The Morgan fingerprint density at radius 2 is 1.43 bits per heavy atom. The van der Waals surface area contributed by atoms with Gasteiger partial charge in [0.25, 0.3) is 11.8 Å². The van der Waals surface area contributed by atoms with Crippen LogP contribution in [0.3, 0.4) is 0 Å². The largest absolute Gasteiger partial charge is 0.352 e. The normalized spacial score (nSPS) is 13.9. The van der Waals surface area contributed by atoms with Gasteiger partial charge in [-0.1, -0.05) is 29.8 Å². The summed E-state index contributed by atoms with van der Waals surface area (Å²) >= 11 is 5.86. The van der Waals surface area contributed by atoms with E-state index in [1.165, 1.54) is 0 Å². The number of piperazine rings is 1. The summed E-state index contributed by atoms with van der Waals surface area (Å²) in [4.78, 5) is 40.3. The van der Waals surface area contributed by atoms with Gasteiger partial charge in [-0.3, -0.25) is 14.4 Å². The highest BCUT2D eigenvalue weighted by Crippen LogP contribution is 2.13. The van der Waals surface area contributed by atoms with E-state index in [0.717, 1.165) is 0 Å². The van der Waals surface area contributed by atoms with Gasteiger partial charge in [0.1, 0.15) is 0 Å². The molecule has 0 aliphatic carbocycles. The Morgan fingerprint density at radius 1 is 0.821 bits per heavy atom. The van der Waals surface area contributed by atoms with Crippen LogP contribution in [0.5, 0.6) is 0 Å². The summed E-state index contributed by atoms with van der Waals surface area (Å²) in [7, 11) is 0. The summed E-state index contributed by atoms with van der Waals surface area (Å²) in [5.74, 6) is -0.266. The number of carbonyl (C=O) groups is 3. The fourth-order valence-electron chi connectivity index (χ4n) is 3.07. The van der Waals surface area contributed by atoms with Crippen molar-refractivity contribution in [3.63, 3.8) is 0 Å². The topological polar surface area (TPSA) is 69.7 Å². The molecule has 1 fully saturated rings. The van der Waals surface area contributed by atoms with Gasteiger partial charge < -0.3 is 15.1 Å². The Bertz CT molecular complexity index is 832. The molecule has 2 aromatic carbocycles. The molecule has 2 aromatic rings. The number of rotatable bonds is 5. The predicted octanol–water partition coefficient (Wildman–Crippen LogP) is 2.44. The van der Waals surface area contributed by atoms with Crippen LogP contribution in [0.15, 0.2) is 54.6 Å². The lowest BCUT2D eigenvalue weighted by molar-refractivity contribution is -0.132. The lowest BCUT2D eigenvalue weighted by Crippen LogP contribution is -2.51. The summed E-state index contributed by atoms with van der Waals surface area (Å²) in [5.41, 5.74) is 1.16. The predicted molar refractivity (Wildman–Crippen MR) is 107 cm³/mol. The minimum absolute atomic E-state index is 0.0213. The lowest BCUT2D eigenvalue weighted by atomic mass is 10.1. The maximum atomic E-state index is 12.5. The lowest BCUT2D eigenvalue weighted by Gasteiger charge is -2.35. The van der Waals surface area contributed by atoms with E-state index in [2.05, 4.69) is 5.32 Å². The summed E-state index contributed by atoms with van der Waals surface area (Å²) in [6, 6.07) is 15.7. The van der Waals surface area contributed by atoms with Gasteiger partial charge in [0.05, 0.1) is 0 Å². The van der Waals surface area contributed by atoms with Crippen LogP contribution >= 0.6 is 11.6 Å². The van der Waals surface area contributed by atoms with Gasteiger partial charge >= 0.3 is 0 Å². The van der Waals surface area contributed by atoms with Crippen molar-refractivity contribution in [2.75, 3.05) is 32.7 Å². The number of carbonyl (C=O) groups excluding carboxylic acids is 3. The zero-order chi connectivity index (χ0) is 19.9. The summed E-state index contributed by atoms with van der Waals surface area (Å²) in [6.45, 7) is 2.25. The van der Waals surface area contributed by atoms with Crippen LogP contribution in [0.1, 0.15) is 27.1 Å². The van der Waals surface area contributed by atoms with Crippen molar-refractivity contribution >= 4 is 29.3 Å². The molecule has 1 aliphatic heterocycles. The maximum absolute atomic E-state index is 12.5. The Labute approximate surface area is 169 Å². The van der Waals surface area contributed by atoms with E-state index >= 15 is 0 Å². The van der Waals surface area contributed by atoms with Gasteiger partial charge in [0.2, 0.25) is 5.91 Å². The number of benzene rings is 2. The van der Waals surface area contributed by atoms with Crippen LogP contribution < -0.4 is 5.32 Å². The number of hydrogen-bond acceptors (Lipinski definition) is 3. The van der Waals surface area contributed by atoms with E-state index in [1.54, 1.807) is 58.3 Å². The highest BCUT2D eigenvalue weighted by Gasteiger charge is 2.24. The van der Waals surface area contributed by atoms with Crippen LogP contribution in [0.4, 0.5) is 0 Å². The minimum atomic E-state index is -0.188. The first-order chi connectivity index (χ1) is 13.5. The molecule has 3 amide bonds. The van der Waals surface area contributed by atoms with Crippen LogP contribution in [0, 0.1) is 0 Å². The smallest absolute Gasteiger partial charge is 0.253 e. The third-order valence-electron chi connectivity index (χ3n) is 4.67. The van der Waals surface area contributed by atoms with E-state index in [-0.39, 0.29) is 30.7 Å². The third-order valence-corrected chi connectivity index (χ3v) is 4.92. The number of amides is 3. The van der Waals surface area contributed by atoms with Crippen molar-refractivity contribution < 1.29 is 14.4 Å². The van der Waals surface area contributed by atoms with Gasteiger partial charge in [-0.05, 0) is 36.4 Å². The zero-order valence-electron chi connectivity index (χ0n) is 15.4. The second-order valence-corrected chi connectivity index (χ2v) is 6.99. The standard InChI is InChI=1S/C21H22ClN3O3/c22-18-8-6-17(7-9-18)21(28)25-14-12-24(13-15-25)19(26)10-11-23-20(27)16-4-2-1-3-5-16/h1-9H,10-15H2,(H,23,27). The van der Waals surface area contributed by atoms with Crippen molar-refractivity contribution in [2.24, 2.45) is 0 Å². The van der Waals surface area contributed by atoms with Crippen molar-refractivity contribution in [1.82, 2.24) is 15.1 Å². The minimum Gasteiger partial charge on any atom is -0.352 e. The number of nitrogens with one attached hydrogen (secondary N) is 1. The molecule has 6 nitrogen and oxygen atoms in total. The Kier molecular flexibility index (Phi) is 6.66. The first kappa shape index (κ1) is 19.9. The van der Waals surface area contributed by atoms with E-state index in [9.17, 15) is 14.4 Å². The fourth-order valence-corrected chi connectivity index (χ4v) is 3.19. The van der Waals surface area contributed by atoms with Crippen LogP contribution in [0.25, 0.3) is 0 Å². The first-order valence-corrected chi connectivity index (χ1v) is 9.58. The Balaban J connectivity index is 1.41. The highest BCUT2D eigenvalue weighted by atomic mass is 35.5. The number of nitrogens with zero attached hydrogens (tertiary/aromatic N) is 2. The molecular formula is C21H22ClN3O3. The van der Waals surface area contributed by atoms with E-state index in [1.807, 2.05) is 6.07 Å². The fraction of sp³-hybridized carbons (Fsp3) is 0.286. The van der Waals surface area contributed by atoms with Gasteiger partial charge in [0.15, 0.2) is 0 Å². The SMILES string of the molecule is O=C(NCCC(=O)N1CCN(C(=O)c2ccc(Cl)cc2)CC1)c1ccccc1. The average Bonchev–Trinajstić information content (AvgIpc) is 2.74. The monoisotopic (exact) mass is 399 g/mol. The maximum Gasteiger partial charge on any atom is 0.253 e. The molecule has 0 radical (unpaired) electrons. The third kappa shape index (κ3) is 5.10. The second-order valence-electron chi connectivity index (χ2n) is 6.55. The summed E-state index contributed by atoms with van der Waals surface area (Å²) in [6.07, 6.45) is 0.240. The number of hydrogen-bond donors (Lipinski definition) is 1. The Morgan fingerprint density at radius 3 is 2.07 bits per heavy atom. The van der Waals surface area contributed by atoms with Crippen LogP contribution in [-0.2, 0) is 4.79 Å². The molecule has 1 heterocycles. The average molecular weight is 400 g/mol. The summed E-state index contributed by atoms with van der Waals surface area (Å²) < 4.78 is 0. The molecule has 7 heteroatoms.